The van der Waals surface area contributed by atoms with Crippen LogP contribution in [-0.2, 0) is 17.8 Å². The first kappa shape index (κ1) is 21.6. The van der Waals surface area contributed by atoms with Crippen molar-refractivity contribution in [3.8, 4) is 11.5 Å². The number of ether oxygens (including phenoxy) is 2. The zero-order chi connectivity index (χ0) is 22.6. The zero-order valence-electron chi connectivity index (χ0n) is 18.2. The molecular weight excluding hydrogens is 440 g/mol. The highest BCUT2D eigenvalue weighted by Crippen LogP contribution is 2.38. The number of nitrogens with one attached hydrogen (secondary N) is 1. The van der Waals surface area contributed by atoms with Crippen LogP contribution in [0.2, 0.25) is 0 Å². The Labute approximate surface area is 195 Å². The van der Waals surface area contributed by atoms with Gasteiger partial charge in [0, 0.05) is 13.1 Å². The van der Waals surface area contributed by atoms with Gasteiger partial charge in [0.1, 0.15) is 13.2 Å². The number of aromatic nitrogens is 3. The van der Waals surface area contributed by atoms with Gasteiger partial charge < -0.3 is 14.4 Å². The number of hydrogen-bond donors (Lipinski definition) is 1. The molecule has 5 rings (SSSR count). The van der Waals surface area contributed by atoms with Gasteiger partial charge in [0.05, 0.1) is 11.8 Å². The molecule has 1 aromatic heterocycles. The van der Waals surface area contributed by atoms with E-state index in [0.717, 1.165) is 48.4 Å². The third-order valence-corrected chi connectivity index (χ3v) is 7.00. The maximum Gasteiger partial charge on any atom is 0.343 e. The summed E-state index contributed by atoms with van der Waals surface area (Å²) < 4.78 is 12.9. The molecule has 1 saturated heterocycles. The van der Waals surface area contributed by atoms with Crippen LogP contribution in [0, 0.1) is 0 Å². The quantitative estimate of drug-likeness (QED) is 0.539. The van der Waals surface area contributed by atoms with Crippen molar-refractivity contribution in [3.05, 3.63) is 70.1 Å². The van der Waals surface area contributed by atoms with Gasteiger partial charge in [-0.25, -0.2) is 9.89 Å². The van der Waals surface area contributed by atoms with Gasteiger partial charge in [-0.2, -0.15) is 0 Å². The van der Waals surface area contributed by atoms with E-state index in [-0.39, 0.29) is 23.4 Å². The van der Waals surface area contributed by atoms with E-state index in [1.807, 2.05) is 53.4 Å². The molecule has 1 N–H and O–H groups in total. The molecule has 2 aromatic carbocycles. The van der Waals surface area contributed by atoms with Crippen LogP contribution in [0.5, 0.6) is 11.5 Å². The molecule has 3 aromatic rings. The second kappa shape index (κ2) is 9.74. The Hall–Kier alpha value is -3.20. The number of amides is 1. The Morgan fingerprint density at radius 3 is 2.79 bits per heavy atom. The molecule has 9 heteroatoms. The molecule has 1 atom stereocenters. The van der Waals surface area contributed by atoms with Gasteiger partial charge in [-0.05, 0) is 42.5 Å². The van der Waals surface area contributed by atoms with E-state index in [1.54, 1.807) is 4.57 Å². The minimum absolute atomic E-state index is 0.0217. The molecule has 33 heavy (non-hydrogen) atoms. The molecule has 2 aliphatic heterocycles. The Kier molecular flexibility index (Phi) is 6.39. The summed E-state index contributed by atoms with van der Waals surface area (Å²) in [6.45, 7) is 2.33. The fourth-order valence-electron chi connectivity index (χ4n) is 4.38. The van der Waals surface area contributed by atoms with Crippen molar-refractivity contribution in [2.45, 2.75) is 37.0 Å². The zero-order valence-corrected chi connectivity index (χ0v) is 19.1. The van der Waals surface area contributed by atoms with Crippen LogP contribution < -0.4 is 15.2 Å². The van der Waals surface area contributed by atoms with Crippen molar-refractivity contribution >= 4 is 17.7 Å². The van der Waals surface area contributed by atoms with Crippen molar-refractivity contribution in [2.75, 3.05) is 25.5 Å². The Morgan fingerprint density at radius 1 is 1.12 bits per heavy atom. The van der Waals surface area contributed by atoms with Crippen LogP contribution in [0.25, 0.3) is 0 Å². The SMILES string of the molecule is O=C(CSc1n[nH]c(=O)n1CCc1ccccc1)N1CCCC1c1ccc2c(c1)OCCO2. The summed E-state index contributed by atoms with van der Waals surface area (Å²) in [5.41, 5.74) is 1.96. The van der Waals surface area contributed by atoms with E-state index in [2.05, 4.69) is 10.2 Å². The third-order valence-electron chi connectivity index (χ3n) is 6.04. The molecule has 172 valence electrons. The summed E-state index contributed by atoms with van der Waals surface area (Å²) in [4.78, 5) is 27.3. The lowest BCUT2D eigenvalue weighted by Gasteiger charge is -2.26. The number of carbonyl (C=O) groups excluding carboxylic acids is 1. The maximum atomic E-state index is 13.1. The summed E-state index contributed by atoms with van der Waals surface area (Å²) >= 11 is 1.30. The van der Waals surface area contributed by atoms with E-state index in [9.17, 15) is 9.59 Å². The van der Waals surface area contributed by atoms with Crippen molar-refractivity contribution in [1.82, 2.24) is 19.7 Å². The molecule has 1 fully saturated rings. The van der Waals surface area contributed by atoms with Crippen LogP contribution in [0.4, 0.5) is 0 Å². The number of carbonyl (C=O) groups is 1. The van der Waals surface area contributed by atoms with Gasteiger partial charge in [0.2, 0.25) is 5.91 Å². The standard InChI is InChI=1S/C24H26N4O4S/c29-22(16-33-24-26-25-23(30)28(24)12-10-17-5-2-1-3-6-17)27-11-4-7-19(27)18-8-9-20-21(15-18)32-14-13-31-20/h1-3,5-6,8-9,15,19H,4,7,10-14,16H2,(H,25,30). The van der Waals surface area contributed by atoms with E-state index < -0.39 is 0 Å². The van der Waals surface area contributed by atoms with Crippen LogP contribution in [0.15, 0.2) is 58.5 Å². The summed E-state index contributed by atoms with van der Waals surface area (Å²) in [6, 6.07) is 16.0. The minimum Gasteiger partial charge on any atom is -0.486 e. The van der Waals surface area contributed by atoms with E-state index >= 15 is 0 Å². The smallest absolute Gasteiger partial charge is 0.343 e. The molecule has 0 saturated carbocycles. The monoisotopic (exact) mass is 466 g/mol. The van der Waals surface area contributed by atoms with Gasteiger partial charge >= 0.3 is 5.69 Å². The predicted molar refractivity (Wildman–Crippen MR) is 125 cm³/mol. The number of benzene rings is 2. The molecule has 0 spiro atoms. The van der Waals surface area contributed by atoms with Crippen LogP contribution in [0.3, 0.4) is 0 Å². The van der Waals surface area contributed by atoms with E-state index in [0.29, 0.717) is 24.9 Å². The lowest BCUT2D eigenvalue weighted by Crippen LogP contribution is -2.32. The number of rotatable bonds is 7. The summed E-state index contributed by atoms with van der Waals surface area (Å²) in [7, 11) is 0. The first-order valence-electron chi connectivity index (χ1n) is 11.2. The topological polar surface area (TPSA) is 89.5 Å². The number of hydrogen-bond acceptors (Lipinski definition) is 6. The van der Waals surface area contributed by atoms with Gasteiger partial charge in [0.25, 0.3) is 0 Å². The average Bonchev–Trinajstić information content (AvgIpc) is 3.48. The number of aromatic amines is 1. The van der Waals surface area contributed by atoms with Crippen molar-refractivity contribution < 1.29 is 14.3 Å². The summed E-state index contributed by atoms with van der Waals surface area (Å²) in [5, 5.41) is 7.20. The van der Waals surface area contributed by atoms with Gasteiger partial charge in [-0.3, -0.25) is 9.36 Å². The molecule has 0 aliphatic carbocycles. The number of fused-ring (bicyclic) bond motifs is 1. The highest BCUT2D eigenvalue weighted by molar-refractivity contribution is 7.99. The molecule has 3 heterocycles. The van der Waals surface area contributed by atoms with Crippen molar-refractivity contribution in [1.29, 1.82) is 0 Å². The lowest BCUT2D eigenvalue weighted by molar-refractivity contribution is -0.129. The Balaban J connectivity index is 1.23. The Morgan fingerprint density at radius 2 is 1.94 bits per heavy atom. The number of likely N-dealkylation sites (tertiary alicyclic amines) is 1. The normalized spacial score (nSPS) is 17.3. The molecule has 1 amide bonds. The molecule has 8 nitrogen and oxygen atoms in total. The van der Waals surface area contributed by atoms with E-state index in [1.165, 1.54) is 11.8 Å². The van der Waals surface area contributed by atoms with E-state index in [4.69, 9.17) is 9.47 Å². The van der Waals surface area contributed by atoms with Gasteiger partial charge in [-0.1, -0.05) is 48.2 Å². The van der Waals surface area contributed by atoms with Crippen LogP contribution in [0.1, 0.15) is 30.0 Å². The van der Waals surface area contributed by atoms with Gasteiger partial charge in [0.15, 0.2) is 16.7 Å². The number of H-pyrrole nitrogens is 1. The highest BCUT2D eigenvalue weighted by atomic mass is 32.2. The fraction of sp³-hybridized carbons (Fsp3) is 0.375. The first-order valence-corrected chi connectivity index (χ1v) is 12.2. The number of thioether (sulfide) groups is 1. The Bertz CT molecular complexity index is 1180. The summed E-state index contributed by atoms with van der Waals surface area (Å²) in [5.74, 6) is 1.77. The third kappa shape index (κ3) is 4.78. The van der Waals surface area contributed by atoms with Crippen LogP contribution in [-0.4, -0.2) is 51.1 Å². The second-order valence-corrected chi connectivity index (χ2v) is 9.08. The van der Waals surface area contributed by atoms with Crippen LogP contribution >= 0.6 is 11.8 Å². The first-order chi connectivity index (χ1) is 16.2. The highest BCUT2D eigenvalue weighted by Gasteiger charge is 2.31. The van der Waals surface area contributed by atoms with Crippen molar-refractivity contribution in [2.24, 2.45) is 0 Å². The minimum atomic E-state index is -0.254. The predicted octanol–water partition coefficient (Wildman–Crippen LogP) is 3.04. The largest absolute Gasteiger partial charge is 0.486 e. The average molecular weight is 467 g/mol. The molecule has 0 radical (unpaired) electrons. The number of nitrogens with zero attached hydrogens (tertiary/aromatic N) is 3. The lowest BCUT2D eigenvalue weighted by atomic mass is 10.0. The van der Waals surface area contributed by atoms with Crippen molar-refractivity contribution in [3.63, 3.8) is 0 Å². The molecule has 0 bridgehead atoms. The second-order valence-electron chi connectivity index (χ2n) is 8.14. The maximum absolute atomic E-state index is 13.1. The molecular formula is C24H26N4O4S. The fourth-order valence-corrected chi connectivity index (χ4v) is 5.24. The number of aryl methyl sites for hydroxylation is 1. The molecule has 1 unspecified atom stereocenters. The summed E-state index contributed by atoms with van der Waals surface area (Å²) in [6.07, 6.45) is 2.60. The molecule has 2 aliphatic rings. The van der Waals surface area contributed by atoms with Gasteiger partial charge in [-0.15, -0.1) is 5.10 Å².